The predicted molar refractivity (Wildman–Crippen MR) is 68.3 cm³/mol. The monoisotopic (exact) mass is 279 g/mol. The SMILES string of the molecule is Nc1cc(-c2nccc(C(F)F)n2)ccc1C(=O)CO. The highest BCUT2D eigenvalue weighted by Crippen LogP contribution is 2.23. The zero-order chi connectivity index (χ0) is 14.7. The number of nitrogens with two attached hydrogens (primary N) is 1. The van der Waals surface area contributed by atoms with E-state index in [0.717, 1.165) is 6.07 Å². The molecular formula is C13H11F2N3O2. The minimum Gasteiger partial charge on any atom is -0.398 e. The van der Waals surface area contributed by atoms with Gasteiger partial charge in [-0.3, -0.25) is 4.79 Å². The molecule has 20 heavy (non-hydrogen) atoms. The first-order valence-corrected chi connectivity index (χ1v) is 5.68. The molecule has 0 saturated heterocycles. The molecule has 2 rings (SSSR count). The highest BCUT2D eigenvalue weighted by atomic mass is 19.3. The Morgan fingerprint density at radius 1 is 1.35 bits per heavy atom. The van der Waals surface area contributed by atoms with Gasteiger partial charge in [-0.2, -0.15) is 0 Å². The van der Waals surface area contributed by atoms with Crippen LogP contribution in [0.1, 0.15) is 22.5 Å². The van der Waals surface area contributed by atoms with Crippen molar-refractivity contribution in [1.29, 1.82) is 0 Å². The van der Waals surface area contributed by atoms with Gasteiger partial charge in [0, 0.05) is 23.0 Å². The molecule has 1 heterocycles. The number of aromatic nitrogens is 2. The second-order valence-corrected chi connectivity index (χ2v) is 3.99. The van der Waals surface area contributed by atoms with Crippen molar-refractivity contribution in [3.8, 4) is 11.4 Å². The smallest absolute Gasteiger partial charge is 0.280 e. The number of nitrogen functional groups attached to an aromatic ring is 1. The van der Waals surface area contributed by atoms with E-state index in [-0.39, 0.29) is 22.8 Å². The summed E-state index contributed by atoms with van der Waals surface area (Å²) in [6.45, 7) is -0.652. The van der Waals surface area contributed by atoms with Crippen LogP contribution >= 0.6 is 0 Å². The Morgan fingerprint density at radius 3 is 2.70 bits per heavy atom. The molecule has 0 spiro atoms. The fourth-order valence-corrected chi connectivity index (χ4v) is 1.67. The van der Waals surface area contributed by atoms with Crippen molar-refractivity contribution in [2.45, 2.75) is 6.43 Å². The predicted octanol–water partition coefficient (Wildman–Crippen LogP) is 1.84. The van der Waals surface area contributed by atoms with Crippen molar-refractivity contribution >= 4 is 11.5 Å². The summed E-state index contributed by atoms with van der Waals surface area (Å²) < 4.78 is 25.1. The largest absolute Gasteiger partial charge is 0.398 e. The number of hydrogen-bond donors (Lipinski definition) is 2. The normalized spacial score (nSPS) is 10.8. The summed E-state index contributed by atoms with van der Waals surface area (Å²) in [5.74, 6) is -0.422. The minimum atomic E-state index is -2.69. The van der Waals surface area contributed by atoms with Gasteiger partial charge in [-0.15, -0.1) is 0 Å². The summed E-state index contributed by atoms with van der Waals surface area (Å²) in [6, 6.07) is 5.43. The molecule has 0 amide bonds. The number of carbonyl (C=O) groups excluding carboxylic acids is 1. The van der Waals surface area contributed by atoms with E-state index in [0.29, 0.717) is 5.56 Å². The van der Waals surface area contributed by atoms with Gasteiger partial charge in [-0.25, -0.2) is 18.7 Å². The molecule has 0 aliphatic heterocycles. The Kier molecular flexibility index (Phi) is 3.99. The van der Waals surface area contributed by atoms with Crippen LogP contribution in [0, 0.1) is 0 Å². The van der Waals surface area contributed by atoms with E-state index in [2.05, 4.69) is 9.97 Å². The molecular weight excluding hydrogens is 268 g/mol. The number of anilines is 1. The summed E-state index contributed by atoms with van der Waals surface area (Å²) in [4.78, 5) is 19.0. The van der Waals surface area contributed by atoms with Crippen LogP contribution in [0.5, 0.6) is 0 Å². The molecule has 1 aromatic heterocycles. The number of nitrogens with zero attached hydrogens (tertiary/aromatic N) is 2. The number of aliphatic hydroxyl groups excluding tert-OH is 1. The lowest BCUT2D eigenvalue weighted by Gasteiger charge is -2.07. The van der Waals surface area contributed by atoms with Crippen molar-refractivity contribution in [2.75, 3.05) is 12.3 Å². The maximum absolute atomic E-state index is 12.6. The first-order chi connectivity index (χ1) is 9.52. The van der Waals surface area contributed by atoms with Crippen LogP contribution in [0.25, 0.3) is 11.4 Å². The zero-order valence-electron chi connectivity index (χ0n) is 10.3. The van der Waals surface area contributed by atoms with Crippen molar-refractivity contribution < 1.29 is 18.7 Å². The van der Waals surface area contributed by atoms with Crippen LogP contribution in [0.3, 0.4) is 0 Å². The van der Waals surface area contributed by atoms with Crippen LogP contribution in [0.4, 0.5) is 14.5 Å². The number of Topliss-reactive ketones (excluding diaryl/α,β-unsaturated/α-hetero) is 1. The van der Waals surface area contributed by atoms with E-state index in [1.165, 1.54) is 24.4 Å². The van der Waals surface area contributed by atoms with Gasteiger partial charge < -0.3 is 10.8 Å². The Labute approximate surface area is 113 Å². The van der Waals surface area contributed by atoms with Crippen LogP contribution < -0.4 is 5.73 Å². The Bertz CT molecular complexity index is 647. The number of carbonyl (C=O) groups is 1. The molecule has 1 aromatic carbocycles. The molecule has 0 radical (unpaired) electrons. The molecule has 0 fully saturated rings. The van der Waals surface area contributed by atoms with Gasteiger partial charge >= 0.3 is 0 Å². The molecule has 3 N–H and O–H groups in total. The summed E-state index contributed by atoms with van der Waals surface area (Å²) in [5, 5.41) is 8.78. The fourth-order valence-electron chi connectivity index (χ4n) is 1.67. The van der Waals surface area contributed by atoms with Crippen LogP contribution in [-0.2, 0) is 0 Å². The molecule has 0 atom stereocenters. The summed E-state index contributed by atoms with van der Waals surface area (Å²) >= 11 is 0. The number of ketones is 1. The lowest BCUT2D eigenvalue weighted by Crippen LogP contribution is -2.08. The number of aliphatic hydroxyl groups is 1. The third kappa shape index (κ3) is 2.77. The van der Waals surface area contributed by atoms with Crippen LogP contribution in [0.15, 0.2) is 30.5 Å². The van der Waals surface area contributed by atoms with E-state index >= 15 is 0 Å². The standard InChI is InChI=1S/C13H11F2N3O2/c14-12(15)10-3-4-17-13(18-10)7-1-2-8(9(16)5-7)11(20)6-19/h1-5,12,19H,6,16H2. The van der Waals surface area contributed by atoms with Gasteiger partial charge in [0.25, 0.3) is 6.43 Å². The van der Waals surface area contributed by atoms with Crippen molar-refractivity contribution in [2.24, 2.45) is 0 Å². The van der Waals surface area contributed by atoms with Gasteiger partial charge in [0.1, 0.15) is 12.3 Å². The van der Waals surface area contributed by atoms with E-state index < -0.39 is 18.8 Å². The number of rotatable bonds is 4. The van der Waals surface area contributed by atoms with Crippen LogP contribution in [-0.4, -0.2) is 27.5 Å². The first-order valence-electron chi connectivity index (χ1n) is 5.68. The van der Waals surface area contributed by atoms with Gasteiger partial charge in [0.15, 0.2) is 11.6 Å². The highest BCUT2D eigenvalue weighted by molar-refractivity contribution is 6.02. The highest BCUT2D eigenvalue weighted by Gasteiger charge is 2.13. The fraction of sp³-hybridized carbons (Fsp3) is 0.154. The first kappa shape index (κ1) is 14.0. The molecule has 104 valence electrons. The van der Waals surface area contributed by atoms with Crippen molar-refractivity contribution in [1.82, 2.24) is 9.97 Å². The molecule has 0 aliphatic carbocycles. The van der Waals surface area contributed by atoms with Crippen molar-refractivity contribution in [3.63, 3.8) is 0 Å². The van der Waals surface area contributed by atoms with E-state index in [1.807, 2.05) is 0 Å². The average Bonchev–Trinajstić information content (AvgIpc) is 2.46. The minimum absolute atomic E-state index is 0.0949. The van der Waals surface area contributed by atoms with E-state index in [1.54, 1.807) is 0 Å². The number of benzene rings is 1. The Balaban J connectivity index is 2.41. The summed E-state index contributed by atoms with van der Waals surface area (Å²) in [6.07, 6.45) is -1.46. The average molecular weight is 279 g/mol. The quantitative estimate of drug-likeness (QED) is 0.658. The molecule has 0 unspecified atom stereocenters. The molecule has 7 heteroatoms. The molecule has 5 nitrogen and oxygen atoms in total. The number of halogens is 2. The van der Waals surface area contributed by atoms with Gasteiger partial charge in [0.05, 0.1) is 0 Å². The number of alkyl halides is 2. The van der Waals surface area contributed by atoms with Gasteiger partial charge in [-0.05, 0) is 18.2 Å². The van der Waals surface area contributed by atoms with Crippen molar-refractivity contribution in [3.05, 3.63) is 41.7 Å². The van der Waals surface area contributed by atoms with Gasteiger partial charge in [0.2, 0.25) is 0 Å². The summed E-state index contributed by atoms with van der Waals surface area (Å²) in [7, 11) is 0. The third-order valence-corrected chi connectivity index (χ3v) is 2.65. The molecule has 0 aliphatic rings. The topological polar surface area (TPSA) is 89.1 Å². The molecule has 0 bridgehead atoms. The summed E-state index contributed by atoms with van der Waals surface area (Å²) in [5.41, 5.74) is 6.03. The zero-order valence-corrected chi connectivity index (χ0v) is 10.3. The molecule has 2 aromatic rings. The van der Waals surface area contributed by atoms with Gasteiger partial charge in [-0.1, -0.05) is 6.07 Å². The number of hydrogen-bond acceptors (Lipinski definition) is 5. The maximum Gasteiger partial charge on any atom is 0.280 e. The molecule has 0 saturated carbocycles. The second-order valence-electron chi connectivity index (χ2n) is 3.99. The Morgan fingerprint density at radius 2 is 2.10 bits per heavy atom. The van der Waals surface area contributed by atoms with E-state index in [9.17, 15) is 13.6 Å². The maximum atomic E-state index is 12.6. The lowest BCUT2D eigenvalue weighted by molar-refractivity contribution is 0.0904. The van der Waals surface area contributed by atoms with Crippen LogP contribution in [0.2, 0.25) is 0 Å². The second kappa shape index (κ2) is 5.70. The lowest BCUT2D eigenvalue weighted by atomic mass is 10.1. The third-order valence-electron chi connectivity index (χ3n) is 2.65. The Hall–Kier alpha value is -2.41. The van der Waals surface area contributed by atoms with E-state index in [4.69, 9.17) is 10.8 Å².